The van der Waals surface area contributed by atoms with Crippen LogP contribution in [0, 0.1) is 0 Å². The number of imidazole rings is 1. The number of nitrogens with zero attached hydrogens (tertiary/aromatic N) is 4. The minimum Gasteiger partial charge on any atom is -0.394 e. The van der Waals surface area contributed by atoms with Crippen LogP contribution in [0.3, 0.4) is 0 Å². The summed E-state index contributed by atoms with van der Waals surface area (Å²) in [6.07, 6.45) is -0.336. The molecule has 1 aliphatic rings. The molecule has 3 heterocycles. The van der Waals surface area contributed by atoms with Crippen molar-refractivity contribution in [2.45, 2.75) is 24.5 Å². The predicted octanol–water partition coefficient (Wildman–Crippen LogP) is -1.99. The van der Waals surface area contributed by atoms with Crippen LogP contribution in [-0.4, -0.2) is 85.3 Å². The van der Waals surface area contributed by atoms with E-state index in [0.29, 0.717) is 5.65 Å². The van der Waals surface area contributed by atoms with Gasteiger partial charge in [-0.1, -0.05) is 0 Å². The Hall–Kier alpha value is -1.01. The predicted molar refractivity (Wildman–Crippen MR) is 76.3 cm³/mol. The molecule has 10 heteroatoms. The van der Waals surface area contributed by atoms with Crippen molar-refractivity contribution in [1.29, 1.82) is 0 Å². The molecule has 0 amide bonds. The summed E-state index contributed by atoms with van der Waals surface area (Å²) in [7, 11) is 3.03. The second-order valence-electron chi connectivity index (χ2n) is 4.92. The summed E-state index contributed by atoms with van der Waals surface area (Å²) in [4.78, 5) is 20.2. The van der Waals surface area contributed by atoms with Crippen LogP contribution in [0.4, 0.5) is 0 Å². The van der Waals surface area contributed by atoms with Crippen LogP contribution in [-0.2, 0) is 16.5 Å². The number of aliphatic hydroxyl groups is 2. The second kappa shape index (κ2) is 6.62. The van der Waals surface area contributed by atoms with Crippen LogP contribution < -0.4 is 5.56 Å². The Bertz CT molecular complexity index is 717. The molecule has 9 nitrogen and oxygen atoms in total. The van der Waals surface area contributed by atoms with Crippen LogP contribution in [0.2, 0.25) is 0 Å². The quantitative estimate of drug-likeness (QED) is 0.559. The van der Waals surface area contributed by atoms with E-state index in [1.807, 2.05) is 0 Å². The molecule has 0 saturated carbocycles. The van der Waals surface area contributed by atoms with Crippen molar-refractivity contribution in [3.63, 3.8) is 0 Å². The molecule has 4 atom stereocenters. The first-order valence-electron chi connectivity index (χ1n) is 6.43. The van der Waals surface area contributed by atoms with Crippen molar-refractivity contribution >= 4 is 35.1 Å². The molecule has 2 aromatic rings. The first kappa shape index (κ1) is 17.3. The summed E-state index contributed by atoms with van der Waals surface area (Å²) in [5.41, 5.74) is 0.279. The van der Waals surface area contributed by atoms with E-state index in [1.54, 1.807) is 7.05 Å². The monoisotopic (exact) mass is 416 g/mol. The zero-order valence-corrected chi connectivity index (χ0v) is 14.9. The van der Waals surface area contributed by atoms with Gasteiger partial charge in [0.05, 0.1) is 19.3 Å². The van der Waals surface area contributed by atoms with E-state index < -0.39 is 24.5 Å². The smallest absolute Gasteiger partial charge is 0.281 e. The Balaban J connectivity index is 0.00000176. The molecular formula is C12H16N4O5Sn. The molecule has 0 unspecified atom stereocenters. The summed E-state index contributed by atoms with van der Waals surface area (Å²) in [6.45, 7) is -0.334. The zero-order chi connectivity index (χ0) is 15.1. The van der Waals surface area contributed by atoms with Crippen molar-refractivity contribution in [3.8, 4) is 0 Å². The third-order valence-corrected chi connectivity index (χ3v) is 3.68. The minimum absolute atomic E-state index is 0. The molecule has 0 bridgehead atoms. The Labute approximate surface area is 142 Å². The van der Waals surface area contributed by atoms with Gasteiger partial charge in [0.1, 0.15) is 18.3 Å². The van der Waals surface area contributed by atoms with Gasteiger partial charge in [0.2, 0.25) is 0 Å². The van der Waals surface area contributed by atoms with E-state index in [2.05, 4.69) is 9.97 Å². The molecule has 118 valence electrons. The van der Waals surface area contributed by atoms with Gasteiger partial charge in [0.15, 0.2) is 17.4 Å². The van der Waals surface area contributed by atoms with E-state index in [9.17, 15) is 15.0 Å². The summed E-state index contributed by atoms with van der Waals surface area (Å²) < 4.78 is 13.7. The molecule has 1 fully saturated rings. The van der Waals surface area contributed by atoms with Gasteiger partial charge in [-0.3, -0.25) is 9.36 Å². The van der Waals surface area contributed by atoms with Crippen molar-refractivity contribution < 1.29 is 19.7 Å². The molecule has 4 radical (unpaired) electrons. The minimum atomic E-state index is -0.978. The molecule has 1 saturated heterocycles. The molecule has 0 aliphatic carbocycles. The number of hydrogen-bond donors (Lipinski definition) is 2. The fourth-order valence-corrected chi connectivity index (χ4v) is 2.53. The molecule has 2 aromatic heterocycles. The topological polar surface area (TPSA) is 112 Å². The Kier molecular flexibility index (Phi) is 5.22. The summed E-state index contributed by atoms with van der Waals surface area (Å²) in [5.74, 6) is 0. The second-order valence-corrected chi connectivity index (χ2v) is 4.92. The molecular weight excluding hydrogens is 399 g/mol. The number of methoxy groups -OCH3 is 1. The summed E-state index contributed by atoms with van der Waals surface area (Å²) in [6, 6.07) is 0. The van der Waals surface area contributed by atoms with Gasteiger partial charge >= 0.3 is 0 Å². The molecule has 0 aromatic carbocycles. The van der Waals surface area contributed by atoms with Gasteiger partial charge in [-0.05, 0) is 0 Å². The summed E-state index contributed by atoms with van der Waals surface area (Å²) in [5, 5.41) is 19.3. The Morgan fingerprint density at radius 2 is 2.14 bits per heavy atom. The van der Waals surface area contributed by atoms with Crippen LogP contribution in [0.15, 0.2) is 17.4 Å². The maximum absolute atomic E-state index is 12.0. The standard InChI is InChI=1S/C12H16N4O5.Sn/c1-15-4-14-10-7(11(15)19)13-5-16(10)12-9(20-2)8(18)6(3-17)21-12;/h4-6,8-9,12,17-18H,3H2,1-2H3;/t6-,8-,9-,12-;/m1./s1. The molecule has 2 N–H and O–H groups in total. The van der Waals surface area contributed by atoms with E-state index in [4.69, 9.17) is 9.47 Å². The normalized spacial score (nSPS) is 28.0. The average Bonchev–Trinajstić information content (AvgIpc) is 3.03. The van der Waals surface area contributed by atoms with E-state index in [0.717, 1.165) is 0 Å². The third-order valence-electron chi connectivity index (χ3n) is 3.68. The maximum Gasteiger partial charge on any atom is 0.281 e. The average molecular weight is 415 g/mol. The third kappa shape index (κ3) is 2.56. The van der Waals surface area contributed by atoms with Gasteiger partial charge in [-0.15, -0.1) is 0 Å². The van der Waals surface area contributed by atoms with Crippen molar-refractivity contribution in [2.75, 3.05) is 13.7 Å². The number of aliphatic hydroxyl groups excluding tert-OH is 2. The molecule has 1 aliphatic heterocycles. The van der Waals surface area contributed by atoms with E-state index in [1.165, 1.54) is 28.9 Å². The first-order chi connectivity index (χ1) is 10.1. The van der Waals surface area contributed by atoms with Gasteiger partial charge in [-0.25, -0.2) is 9.97 Å². The fraction of sp³-hybridized carbons (Fsp3) is 0.583. The largest absolute Gasteiger partial charge is 0.394 e. The van der Waals surface area contributed by atoms with E-state index in [-0.39, 0.29) is 41.6 Å². The number of rotatable bonds is 3. The Morgan fingerprint density at radius 1 is 1.41 bits per heavy atom. The van der Waals surface area contributed by atoms with Gasteiger partial charge in [-0.2, -0.15) is 0 Å². The number of aryl methyl sites for hydroxylation is 1. The van der Waals surface area contributed by atoms with Crippen LogP contribution in [0.1, 0.15) is 6.23 Å². The van der Waals surface area contributed by atoms with Crippen LogP contribution in [0.5, 0.6) is 0 Å². The zero-order valence-electron chi connectivity index (χ0n) is 12.1. The molecule has 0 spiro atoms. The van der Waals surface area contributed by atoms with Crippen LogP contribution >= 0.6 is 0 Å². The van der Waals surface area contributed by atoms with Crippen molar-refractivity contribution in [1.82, 2.24) is 19.1 Å². The van der Waals surface area contributed by atoms with Crippen LogP contribution in [0.25, 0.3) is 11.2 Å². The SMILES string of the molecule is CO[C@@H]1[C@H](O)[C@@H](CO)O[C@H]1n1cnc2c(=O)n(C)cnc21.[Sn]. The fourth-order valence-electron chi connectivity index (χ4n) is 2.53. The summed E-state index contributed by atoms with van der Waals surface area (Å²) >= 11 is 0. The van der Waals surface area contributed by atoms with Gasteiger partial charge in [0, 0.05) is 38.1 Å². The maximum atomic E-state index is 12.0. The van der Waals surface area contributed by atoms with Crippen molar-refractivity contribution in [3.05, 3.63) is 23.0 Å². The number of hydrogen-bond acceptors (Lipinski definition) is 7. The Morgan fingerprint density at radius 3 is 2.77 bits per heavy atom. The number of aromatic nitrogens is 4. The number of ether oxygens (including phenoxy) is 2. The number of fused-ring (bicyclic) bond motifs is 1. The first-order valence-corrected chi connectivity index (χ1v) is 6.43. The van der Waals surface area contributed by atoms with Gasteiger partial charge < -0.3 is 24.3 Å². The van der Waals surface area contributed by atoms with Gasteiger partial charge in [0.25, 0.3) is 5.56 Å². The van der Waals surface area contributed by atoms with E-state index >= 15 is 0 Å². The molecule has 3 rings (SSSR count). The molecule has 22 heavy (non-hydrogen) atoms. The van der Waals surface area contributed by atoms with Crippen molar-refractivity contribution in [2.24, 2.45) is 7.05 Å².